The maximum atomic E-state index is 14.7. The Bertz CT molecular complexity index is 1810. The average Bonchev–Trinajstić information content (AvgIpc) is 3.56. The predicted octanol–water partition coefficient (Wildman–Crippen LogP) is 7.27. The fourth-order valence-electron chi connectivity index (χ4n) is 6.00. The van der Waals surface area contributed by atoms with Gasteiger partial charge in [0.15, 0.2) is 0 Å². The Labute approximate surface area is 287 Å². The van der Waals surface area contributed by atoms with Gasteiger partial charge in [0.25, 0.3) is 10.0 Å². The maximum Gasteiger partial charge on any atom is 0.264 e. The van der Waals surface area contributed by atoms with Gasteiger partial charge in [0, 0.05) is 23.5 Å². The zero-order chi connectivity index (χ0) is 33.6. The van der Waals surface area contributed by atoms with Gasteiger partial charge in [-0.1, -0.05) is 95.0 Å². The lowest BCUT2D eigenvalue weighted by atomic mass is 10.0. The molecule has 7 nitrogen and oxygen atoms in total. The molecular formula is C38H42BrN3O4S. The van der Waals surface area contributed by atoms with Crippen LogP contribution in [0.4, 0.5) is 5.69 Å². The Morgan fingerprint density at radius 1 is 0.830 bits per heavy atom. The van der Waals surface area contributed by atoms with Crippen molar-refractivity contribution in [1.29, 1.82) is 0 Å². The standard InChI is InChI=1S/C38H42BrN3O4S/c1-27-16-20-35(21-17-27)47(45,46)42(34-19-18-28(2)29(3)22-34)26-37(43)41(25-31-12-9-13-32(39)23-31)36(24-30-10-5-4-6-11-30)38(44)40-33-14-7-8-15-33/h4-6,9-13,16-23,33,36H,7-8,14-15,24-26H2,1-3H3,(H,40,44)/t36-/m0/s1. The van der Waals surface area contributed by atoms with Crippen LogP contribution in [0.25, 0.3) is 0 Å². The molecule has 0 spiro atoms. The molecule has 4 aromatic rings. The minimum atomic E-state index is -4.15. The van der Waals surface area contributed by atoms with Crippen molar-refractivity contribution in [1.82, 2.24) is 10.2 Å². The summed E-state index contributed by atoms with van der Waals surface area (Å²) in [5.74, 6) is -0.704. The first-order valence-electron chi connectivity index (χ1n) is 16.1. The summed E-state index contributed by atoms with van der Waals surface area (Å²) in [5, 5.41) is 3.22. The van der Waals surface area contributed by atoms with Gasteiger partial charge in [0.1, 0.15) is 12.6 Å². The molecule has 0 aromatic heterocycles. The zero-order valence-electron chi connectivity index (χ0n) is 27.2. The fraction of sp³-hybridized carbons (Fsp3) is 0.316. The van der Waals surface area contributed by atoms with Crippen molar-refractivity contribution in [3.8, 4) is 0 Å². The van der Waals surface area contributed by atoms with Gasteiger partial charge >= 0.3 is 0 Å². The zero-order valence-corrected chi connectivity index (χ0v) is 29.6. The fourth-order valence-corrected chi connectivity index (χ4v) is 7.85. The van der Waals surface area contributed by atoms with Crippen molar-refractivity contribution >= 4 is 43.5 Å². The molecule has 2 amide bonds. The molecule has 1 N–H and O–H groups in total. The SMILES string of the molecule is Cc1ccc(S(=O)(=O)N(CC(=O)N(Cc2cccc(Br)c2)[C@@H](Cc2ccccc2)C(=O)NC2CCCC2)c2ccc(C)c(C)c2)cc1. The number of carbonyl (C=O) groups is 2. The molecule has 0 saturated heterocycles. The molecule has 1 aliphatic rings. The third-order valence-electron chi connectivity index (χ3n) is 8.88. The number of nitrogens with zero attached hydrogens (tertiary/aromatic N) is 2. The van der Waals surface area contributed by atoms with Gasteiger partial charge in [-0.25, -0.2) is 8.42 Å². The number of nitrogens with one attached hydrogen (secondary N) is 1. The second kappa shape index (κ2) is 15.3. The smallest absolute Gasteiger partial charge is 0.264 e. The summed E-state index contributed by atoms with van der Waals surface area (Å²) in [4.78, 5) is 30.5. The first kappa shape index (κ1) is 34.4. The van der Waals surface area contributed by atoms with Crippen molar-refractivity contribution in [2.45, 2.75) is 76.4 Å². The van der Waals surface area contributed by atoms with E-state index >= 15 is 0 Å². The Hall–Kier alpha value is -3.95. The highest BCUT2D eigenvalue weighted by Crippen LogP contribution is 2.28. The van der Waals surface area contributed by atoms with Crippen molar-refractivity contribution in [3.63, 3.8) is 0 Å². The molecule has 0 bridgehead atoms. The molecule has 0 radical (unpaired) electrons. The molecule has 0 aliphatic heterocycles. The van der Waals surface area contributed by atoms with E-state index in [4.69, 9.17) is 0 Å². The van der Waals surface area contributed by atoms with Crippen LogP contribution in [0.2, 0.25) is 0 Å². The topological polar surface area (TPSA) is 86.8 Å². The van der Waals surface area contributed by atoms with E-state index in [1.54, 1.807) is 41.3 Å². The number of hydrogen-bond donors (Lipinski definition) is 1. The quantitative estimate of drug-likeness (QED) is 0.167. The number of sulfonamides is 1. The maximum absolute atomic E-state index is 14.7. The molecule has 9 heteroatoms. The van der Waals surface area contributed by atoms with Crippen LogP contribution in [0, 0.1) is 20.8 Å². The third kappa shape index (κ3) is 8.70. The van der Waals surface area contributed by atoms with Crippen LogP contribution < -0.4 is 9.62 Å². The number of rotatable bonds is 12. The van der Waals surface area contributed by atoms with Gasteiger partial charge < -0.3 is 10.2 Å². The summed E-state index contributed by atoms with van der Waals surface area (Å²) in [6.45, 7) is 5.42. The molecule has 246 valence electrons. The summed E-state index contributed by atoms with van der Waals surface area (Å²) in [6, 6.07) is 28.4. The van der Waals surface area contributed by atoms with Gasteiger partial charge in [0.05, 0.1) is 10.6 Å². The van der Waals surface area contributed by atoms with Crippen LogP contribution in [-0.4, -0.2) is 43.8 Å². The predicted molar refractivity (Wildman–Crippen MR) is 191 cm³/mol. The molecule has 47 heavy (non-hydrogen) atoms. The Morgan fingerprint density at radius 2 is 1.51 bits per heavy atom. The summed E-state index contributed by atoms with van der Waals surface area (Å²) in [5.41, 5.74) is 4.95. The molecule has 1 aliphatic carbocycles. The van der Waals surface area contributed by atoms with Crippen LogP contribution >= 0.6 is 15.9 Å². The number of amides is 2. The van der Waals surface area contributed by atoms with E-state index in [1.807, 2.05) is 81.4 Å². The second-order valence-electron chi connectivity index (χ2n) is 12.4. The van der Waals surface area contributed by atoms with Gasteiger partial charge in [-0.15, -0.1) is 0 Å². The van der Waals surface area contributed by atoms with Crippen LogP contribution in [0.3, 0.4) is 0 Å². The summed E-state index contributed by atoms with van der Waals surface area (Å²) in [6.07, 6.45) is 4.19. The summed E-state index contributed by atoms with van der Waals surface area (Å²) < 4.78 is 30.6. The van der Waals surface area contributed by atoms with Crippen molar-refractivity contribution in [2.24, 2.45) is 0 Å². The van der Waals surface area contributed by atoms with E-state index < -0.39 is 28.5 Å². The number of anilines is 1. The first-order valence-corrected chi connectivity index (χ1v) is 18.3. The van der Waals surface area contributed by atoms with Gasteiger partial charge in [-0.2, -0.15) is 0 Å². The lowest BCUT2D eigenvalue weighted by molar-refractivity contribution is -0.140. The third-order valence-corrected chi connectivity index (χ3v) is 11.2. The van der Waals surface area contributed by atoms with Crippen LogP contribution in [0.5, 0.6) is 0 Å². The molecule has 5 rings (SSSR count). The van der Waals surface area contributed by atoms with E-state index in [2.05, 4.69) is 21.2 Å². The minimum Gasteiger partial charge on any atom is -0.352 e. The Morgan fingerprint density at radius 3 is 2.17 bits per heavy atom. The average molecular weight is 717 g/mol. The first-order chi connectivity index (χ1) is 22.5. The van der Waals surface area contributed by atoms with Gasteiger partial charge in [-0.05, 0) is 92.3 Å². The number of benzene rings is 4. The summed E-state index contributed by atoms with van der Waals surface area (Å²) >= 11 is 3.54. The molecule has 4 aromatic carbocycles. The van der Waals surface area contributed by atoms with E-state index in [1.165, 1.54) is 4.31 Å². The summed E-state index contributed by atoms with van der Waals surface area (Å²) in [7, 11) is -4.15. The molecule has 1 fully saturated rings. The molecule has 1 saturated carbocycles. The van der Waals surface area contributed by atoms with E-state index in [0.29, 0.717) is 5.69 Å². The monoisotopic (exact) mass is 715 g/mol. The van der Waals surface area contributed by atoms with Crippen LogP contribution in [0.1, 0.15) is 53.5 Å². The second-order valence-corrected chi connectivity index (χ2v) is 15.2. The normalized spacial score (nSPS) is 14.0. The molecule has 1 atom stereocenters. The van der Waals surface area contributed by atoms with Crippen LogP contribution in [-0.2, 0) is 32.6 Å². The lowest BCUT2D eigenvalue weighted by Crippen LogP contribution is -2.54. The molecule has 0 unspecified atom stereocenters. The largest absolute Gasteiger partial charge is 0.352 e. The van der Waals surface area contributed by atoms with Gasteiger partial charge in [-0.3, -0.25) is 13.9 Å². The van der Waals surface area contributed by atoms with Gasteiger partial charge in [0.2, 0.25) is 11.8 Å². The highest BCUT2D eigenvalue weighted by atomic mass is 79.9. The number of hydrogen-bond acceptors (Lipinski definition) is 4. The van der Waals surface area contributed by atoms with Crippen molar-refractivity contribution in [2.75, 3.05) is 10.8 Å². The van der Waals surface area contributed by atoms with E-state index in [9.17, 15) is 18.0 Å². The van der Waals surface area contributed by atoms with Crippen LogP contribution in [0.15, 0.2) is 106 Å². The molecule has 0 heterocycles. The minimum absolute atomic E-state index is 0.0533. The molecular weight excluding hydrogens is 674 g/mol. The highest BCUT2D eigenvalue weighted by molar-refractivity contribution is 9.10. The Kier molecular flexibility index (Phi) is 11.2. The lowest BCUT2D eigenvalue weighted by Gasteiger charge is -2.34. The number of halogens is 1. The van der Waals surface area contributed by atoms with Crippen molar-refractivity contribution < 1.29 is 18.0 Å². The van der Waals surface area contributed by atoms with Crippen molar-refractivity contribution in [3.05, 3.63) is 129 Å². The Balaban J connectivity index is 1.58. The number of carbonyl (C=O) groups excluding carboxylic acids is 2. The van der Waals surface area contributed by atoms with E-state index in [0.717, 1.165) is 58.0 Å². The number of aryl methyl sites for hydroxylation is 3. The van der Waals surface area contributed by atoms with E-state index in [-0.39, 0.29) is 29.8 Å². The highest BCUT2D eigenvalue weighted by Gasteiger charge is 2.35.